The summed E-state index contributed by atoms with van der Waals surface area (Å²) in [5.41, 5.74) is 0. The Morgan fingerprint density at radius 2 is 1.59 bits per heavy atom. The van der Waals surface area contributed by atoms with Crippen molar-refractivity contribution in [2.75, 3.05) is 0 Å². The first kappa shape index (κ1) is 34.0. The van der Waals surface area contributed by atoms with Crippen LogP contribution in [-0.2, 0) is 19.4 Å². The number of carboxylic acid groups (broad SMARTS) is 1. The molecular weight excluding hydrogens is 422 g/mol. The number of carbonyl (C=O) groups is 1. The van der Waals surface area contributed by atoms with Crippen LogP contribution in [0, 0.1) is 0 Å². The van der Waals surface area contributed by atoms with Crippen LogP contribution in [0.15, 0.2) is 12.2 Å². The molecule has 0 unspecified atom stereocenters. The Kier molecular flexibility index (Phi) is 29.0. The van der Waals surface area contributed by atoms with E-state index < -0.39 is 22.5 Å². The molecule has 27 heavy (non-hydrogen) atoms. The van der Waals surface area contributed by atoms with Gasteiger partial charge in [-0.25, -0.2) is 4.18 Å². The van der Waals surface area contributed by atoms with E-state index in [2.05, 4.69) is 6.92 Å². The summed E-state index contributed by atoms with van der Waals surface area (Å²) in [5.74, 6) is -0.987. The number of hydrogen-bond donors (Lipinski definition) is 1. The summed E-state index contributed by atoms with van der Waals surface area (Å²) in [5, 5.41) is 10.3. The molecule has 0 saturated carbocycles. The molecule has 0 spiro atoms. The van der Waals surface area contributed by atoms with E-state index in [0.29, 0.717) is 19.3 Å². The second-order valence-corrected chi connectivity index (χ2v) is 7.43. The molecule has 0 aliphatic rings. The van der Waals surface area contributed by atoms with Crippen LogP contribution < -0.4 is 108 Å². The second kappa shape index (κ2) is 23.0. The third-order valence-electron chi connectivity index (χ3n) is 3.95. The van der Waals surface area contributed by atoms with E-state index in [1.807, 2.05) is 12.2 Å². The molecule has 6 nitrogen and oxygen atoms in total. The molecular formula is C18H33K2O6S+. The van der Waals surface area contributed by atoms with E-state index in [1.165, 1.54) is 0 Å². The predicted octanol–water partition coefficient (Wildman–Crippen LogP) is -2.42. The monoisotopic (exact) mass is 455 g/mol. The SMILES string of the molecule is CCCCCC[C@H](C/C=C\CCCCCCCC(=O)[O-])OS(=O)(=O)O.[K+].[K+]. The van der Waals surface area contributed by atoms with Crippen molar-refractivity contribution in [3.05, 3.63) is 12.2 Å². The van der Waals surface area contributed by atoms with Gasteiger partial charge in [0, 0.05) is 5.97 Å². The molecule has 148 valence electrons. The van der Waals surface area contributed by atoms with Crippen molar-refractivity contribution in [1.29, 1.82) is 0 Å². The van der Waals surface area contributed by atoms with Gasteiger partial charge in [0.25, 0.3) is 0 Å². The molecule has 0 rings (SSSR count). The van der Waals surface area contributed by atoms with Crippen molar-refractivity contribution >= 4 is 16.4 Å². The minimum Gasteiger partial charge on any atom is -0.550 e. The molecule has 0 bridgehead atoms. The number of hydrogen-bond acceptors (Lipinski definition) is 5. The minimum atomic E-state index is -4.41. The predicted molar refractivity (Wildman–Crippen MR) is 96.3 cm³/mol. The third-order valence-corrected chi connectivity index (χ3v) is 4.47. The average molecular weight is 456 g/mol. The molecule has 0 saturated heterocycles. The molecule has 0 radical (unpaired) electrons. The maximum atomic E-state index is 10.9. The topological polar surface area (TPSA) is 104 Å². The summed E-state index contributed by atoms with van der Waals surface area (Å²) in [6.45, 7) is 2.11. The Balaban J connectivity index is -0.00000288. The van der Waals surface area contributed by atoms with E-state index in [0.717, 1.165) is 57.8 Å². The Labute approximate surface area is 250 Å². The van der Waals surface area contributed by atoms with Gasteiger partial charge < -0.3 is 9.90 Å². The summed E-state index contributed by atoms with van der Waals surface area (Å²) in [6, 6.07) is 0. The Morgan fingerprint density at radius 3 is 2.19 bits per heavy atom. The van der Waals surface area contributed by atoms with Crippen LogP contribution in [0.5, 0.6) is 0 Å². The van der Waals surface area contributed by atoms with Crippen LogP contribution in [0.3, 0.4) is 0 Å². The van der Waals surface area contributed by atoms with Gasteiger partial charge in [-0.15, -0.1) is 0 Å². The van der Waals surface area contributed by atoms with E-state index in [9.17, 15) is 18.3 Å². The fourth-order valence-corrected chi connectivity index (χ4v) is 3.12. The van der Waals surface area contributed by atoms with Gasteiger partial charge in [0.1, 0.15) is 0 Å². The summed E-state index contributed by atoms with van der Waals surface area (Å²) in [4.78, 5) is 10.3. The van der Waals surface area contributed by atoms with Crippen LogP contribution in [0.2, 0.25) is 0 Å². The second-order valence-electron chi connectivity index (χ2n) is 6.38. The van der Waals surface area contributed by atoms with Gasteiger partial charge >= 0.3 is 113 Å². The van der Waals surface area contributed by atoms with Crippen LogP contribution >= 0.6 is 0 Å². The van der Waals surface area contributed by atoms with Crippen LogP contribution in [0.1, 0.15) is 90.4 Å². The van der Waals surface area contributed by atoms with Gasteiger partial charge in [0.05, 0.1) is 6.10 Å². The van der Waals surface area contributed by atoms with Gasteiger partial charge in [-0.05, 0) is 38.5 Å². The van der Waals surface area contributed by atoms with E-state index in [-0.39, 0.29) is 109 Å². The van der Waals surface area contributed by atoms with Gasteiger partial charge in [0.15, 0.2) is 0 Å². The largest absolute Gasteiger partial charge is 1.00 e. The number of carbonyl (C=O) groups excluding carboxylic acids is 1. The summed E-state index contributed by atoms with van der Waals surface area (Å²) in [7, 11) is -4.41. The van der Waals surface area contributed by atoms with Crippen LogP contribution in [0.4, 0.5) is 0 Å². The number of aliphatic carboxylic acids is 1. The van der Waals surface area contributed by atoms with Gasteiger partial charge in [-0.1, -0.05) is 64.0 Å². The Morgan fingerprint density at radius 1 is 1.00 bits per heavy atom. The smallest absolute Gasteiger partial charge is 0.550 e. The molecule has 0 fully saturated rings. The molecule has 0 amide bonds. The van der Waals surface area contributed by atoms with Crippen molar-refractivity contribution in [1.82, 2.24) is 0 Å². The van der Waals surface area contributed by atoms with E-state index in [4.69, 9.17) is 8.74 Å². The fourth-order valence-electron chi connectivity index (χ4n) is 2.60. The first-order valence-electron chi connectivity index (χ1n) is 9.35. The molecule has 1 atom stereocenters. The molecule has 9 heteroatoms. The first-order valence-corrected chi connectivity index (χ1v) is 10.7. The fraction of sp³-hybridized carbons (Fsp3) is 0.833. The zero-order valence-electron chi connectivity index (χ0n) is 17.3. The van der Waals surface area contributed by atoms with Crippen molar-refractivity contribution < 1.29 is 130 Å². The summed E-state index contributed by atoms with van der Waals surface area (Å²) >= 11 is 0. The zero-order valence-corrected chi connectivity index (χ0v) is 24.4. The number of rotatable bonds is 17. The molecule has 0 heterocycles. The average Bonchev–Trinajstić information content (AvgIpc) is 2.51. The molecule has 0 aliphatic heterocycles. The summed E-state index contributed by atoms with van der Waals surface area (Å²) in [6.07, 6.45) is 14.3. The van der Waals surface area contributed by atoms with Crippen molar-refractivity contribution in [3.8, 4) is 0 Å². The van der Waals surface area contributed by atoms with Crippen molar-refractivity contribution in [3.63, 3.8) is 0 Å². The Hall–Kier alpha value is 2.35. The van der Waals surface area contributed by atoms with E-state index >= 15 is 0 Å². The minimum absolute atomic E-state index is 0. The first-order chi connectivity index (χ1) is 11.8. The summed E-state index contributed by atoms with van der Waals surface area (Å²) < 4.78 is 35.4. The molecule has 0 aliphatic carbocycles. The third kappa shape index (κ3) is 28.4. The molecule has 0 aromatic heterocycles. The van der Waals surface area contributed by atoms with E-state index in [1.54, 1.807) is 0 Å². The number of allylic oxidation sites excluding steroid dienone is 1. The zero-order chi connectivity index (χ0) is 19.0. The Bertz CT molecular complexity index is 468. The van der Waals surface area contributed by atoms with Crippen LogP contribution in [0.25, 0.3) is 0 Å². The van der Waals surface area contributed by atoms with Crippen molar-refractivity contribution in [2.45, 2.75) is 96.5 Å². The maximum Gasteiger partial charge on any atom is 1.00 e. The standard InChI is InChI=1S/C18H34O6S.2K/c1-2-3-4-11-14-17(24-25(21,22)23)15-12-9-7-5-6-8-10-13-16-18(19)20;;/h9,12,17H,2-8,10-11,13-16H2,1H3,(H,19,20)(H,21,22,23);;/q;2*+1/p-1/b12-9-;;/t17-;;/m1../s1. The quantitative estimate of drug-likeness (QED) is 0.113. The van der Waals surface area contributed by atoms with Crippen LogP contribution in [-0.4, -0.2) is 25.0 Å². The van der Waals surface area contributed by atoms with Gasteiger partial charge in [-0.3, -0.25) is 4.55 Å². The maximum absolute atomic E-state index is 10.9. The molecule has 0 aromatic rings. The number of carboxylic acids is 1. The molecule has 0 aromatic carbocycles. The van der Waals surface area contributed by atoms with Gasteiger partial charge in [0.2, 0.25) is 0 Å². The number of unbranched alkanes of at least 4 members (excludes halogenated alkanes) is 8. The molecule has 1 N–H and O–H groups in total. The normalized spacial score (nSPS) is 12.4. The van der Waals surface area contributed by atoms with Gasteiger partial charge in [-0.2, -0.15) is 8.42 Å². The van der Waals surface area contributed by atoms with Crippen molar-refractivity contribution in [2.24, 2.45) is 0 Å².